The average Bonchev–Trinajstić information content (AvgIpc) is 3.39. The van der Waals surface area contributed by atoms with Crippen molar-refractivity contribution in [3.63, 3.8) is 0 Å². The normalized spacial score (nSPS) is 14.9. The van der Waals surface area contributed by atoms with Gasteiger partial charge in [0.15, 0.2) is 5.90 Å². The third-order valence-corrected chi connectivity index (χ3v) is 5.12. The van der Waals surface area contributed by atoms with Crippen LogP contribution in [-0.2, 0) is 4.74 Å². The number of anilines is 1. The Kier molecular flexibility index (Phi) is 10.2. The first-order valence-electron chi connectivity index (χ1n) is 9.13. The minimum atomic E-state index is -4.29. The van der Waals surface area contributed by atoms with Gasteiger partial charge >= 0.3 is 6.18 Å². The van der Waals surface area contributed by atoms with Crippen molar-refractivity contribution < 1.29 is 17.9 Å². The van der Waals surface area contributed by atoms with Crippen molar-refractivity contribution in [2.45, 2.75) is 44.7 Å². The smallest absolute Gasteiger partial charge is 0.405 e. The van der Waals surface area contributed by atoms with E-state index in [2.05, 4.69) is 0 Å². The van der Waals surface area contributed by atoms with Crippen LogP contribution in [0.15, 0.2) is 18.2 Å². The van der Waals surface area contributed by atoms with E-state index in [1.807, 2.05) is 0 Å². The molecule has 0 aromatic heterocycles. The molecule has 0 spiro atoms. The van der Waals surface area contributed by atoms with Gasteiger partial charge < -0.3 is 9.64 Å². The van der Waals surface area contributed by atoms with E-state index < -0.39 is 18.6 Å². The second kappa shape index (κ2) is 11.4. The number of hydrogen-bond donors (Lipinski definition) is 1. The highest BCUT2D eigenvalue weighted by atomic mass is 35.5. The minimum Gasteiger partial charge on any atom is -0.481 e. The Hall–Kier alpha value is -0.850. The molecule has 0 radical (unpaired) electrons. The van der Waals surface area contributed by atoms with Crippen molar-refractivity contribution in [3.05, 3.63) is 28.8 Å². The molecule has 0 aliphatic heterocycles. The molecule has 0 bridgehead atoms. The van der Waals surface area contributed by atoms with Gasteiger partial charge in [-0.15, -0.1) is 24.0 Å². The predicted molar refractivity (Wildman–Crippen MR) is 112 cm³/mol. The van der Waals surface area contributed by atoms with Gasteiger partial charge in [0, 0.05) is 23.1 Å². The van der Waals surface area contributed by atoms with Crippen LogP contribution in [0, 0.1) is 11.3 Å². The first-order valence-corrected chi connectivity index (χ1v) is 10.0. The molecular formula is C19H26Cl3F3N2O. The lowest BCUT2D eigenvalue weighted by molar-refractivity contribution is -0.119. The fourth-order valence-corrected chi connectivity index (χ4v) is 3.45. The van der Waals surface area contributed by atoms with E-state index in [-0.39, 0.29) is 18.3 Å². The summed E-state index contributed by atoms with van der Waals surface area (Å²) in [6.07, 6.45) is -1.17. The summed E-state index contributed by atoms with van der Waals surface area (Å²) in [6.45, 7) is 1.50. The van der Waals surface area contributed by atoms with Crippen LogP contribution in [0.25, 0.3) is 0 Å². The van der Waals surface area contributed by atoms with Gasteiger partial charge in [0.25, 0.3) is 0 Å². The van der Waals surface area contributed by atoms with Gasteiger partial charge in [-0.2, -0.15) is 13.2 Å². The molecule has 0 amide bonds. The molecule has 9 heteroatoms. The molecule has 1 saturated carbocycles. The highest BCUT2D eigenvalue weighted by Crippen LogP contribution is 2.36. The van der Waals surface area contributed by atoms with Crippen LogP contribution in [0.2, 0.25) is 5.02 Å². The molecular weight excluding hydrogens is 436 g/mol. The molecule has 1 aliphatic carbocycles. The second-order valence-corrected chi connectivity index (χ2v) is 7.61. The zero-order valence-electron chi connectivity index (χ0n) is 15.7. The molecule has 1 N–H and O–H groups in total. The summed E-state index contributed by atoms with van der Waals surface area (Å²) >= 11 is 12.1. The van der Waals surface area contributed by atoms with Gasteiger partial charge in [-0.25, -0.2) is 0 Å². The van der Waals surface area contributed by atoms with E-state index in [4.69, 9.17) is 33.3 Å². The first-order chi connectivity index (χ1) is 12.7. The molecule has 160 valence electrons. The van der Waals surface area contributed by atoms with Crippen LogP contribution in [0.3, 0.4) is 0 Å². The number of halogens is 6. The molecule has 28 heavy (non-hydrogen) atoms. The Morgan fingerprint density at radius 2 is 2.04 bits per heavy atom. The standard InChI is InChI=1S/C19H25Cl2F3N2O.ClH/c1-2-27-18(25)15(4-3-9-20)16-10-14(7-8-17(16)21)26(11-13-5-6-13)12-19(22,23)24;/h7-8,10,13,15,25H,2-6,9,11-12H2,1H3;1H. The SMILES string of the molecule is CCOC(=N)C(CCCCl)c1cc(N(CC2CC2)CC(F)(F)F)ccc1Cl.Cl. The lowest BCUT2D eigenvalue weighted by Gasteiger charge is -2.28. The molecule has 1 aromatic carbocycles. The van der Waals surface area contributed by atoms with Crippen LogP contribution in [0.4, 0.5) is 18.9 Å². The summed E-state index contributed by atoms with van der Waals surface area (Å²) in [6, 6.07) is 4.89. The van der Waals surface area contributed by atoms with E-state index >= 15 is 0 Å². The molecule has 1 atom stereocenters. The Morgan fingerprint density at radius 3 is 2.57 bits per heavy atom. The van der Waals surface area contributed by atoms with Crippen LogP contribution in [-0.4, -0.2) is 37.7 Å². The fourth-order valence-electron chi connectivity index (χ4n) is 3.05. The van der Waals surface area contributed by atoms with E-state index in [1.54, 1.807) is 25.1 Å². The van der Waals surface area contributed by atoms with Crippen molar-refractivity contribution >= 4 is 47.2 Å². The third kappa shape index (κ3) is 7.88. The zero-order valence-corrected chi connectivity index (χ0v) is 18.0. The van der Waals surface area contributed by atoms with Crippen LogP contribution < -0.4 is 4.90 Å². The number of benzene rings is 1. The average molecular weight is 462 g/mol. The molecule has 1 unspecified atom stereocenters. The number of ether oxygens (including phenoxy) is 1. The van der Waals surface area contributed by atoms with Crippen molar-refractivity contribution in [2.75, 3.05) is 30.5 Å². The highest BCUT2D eigenvalue weighted by molar-refractivity contribution is 6.31. The Balaban J connectivity index is 0.00000392. The predicted octanol–water partition coefficient (Wildman–Crippen LogP) is 6.66. The van der Waals surface area contributed by atoms with Gasteiger partial charge in [0.1, 0.15) is 6.54 Å². The quantitative estimate of drug-likeness (QED) is 0.240. The maximum Gasteiger partial charge on any atom is 0.405 e. The largest absolute Gasteiger partial charge is 0.481 e. The fraction of sp³-hybridized carbons (Fsp3) is 0.632. The van der Waals surface area contributed by atoms with Gasteiger partial charge in [-0.1, -0.05) is 11.6 Å². The van der Waals surface area contributed by atoms with Crippen LogP contribution in [0.1, 0.15) is 44.1 Å². The molecule has 0 heterocycles. The van der Waals surface area contributed by atoms with Crippen molar-refractivity contribution in [1.29, 1.82) is 5.41 Å². The first kappa shape index (κ1) is 25.2. The van der Waals surface area contributed by atoms with Crippen molar-refractivity contribution in [3.8, 4) is 0 Å². The summed E-state index contributed by atoms with van der Waals surface area (Å²) in [5, 5.41) is 8.60. The maximum atomic E-state index is 13.1. The topological polar surface area (TPSA) is 36.3 Å². The number of hydrogen-bond acceptors (Lipinski definition) is 3. The van der Waals surface area contributed by atoms with Gasteiger partial charge in [0.05, 0.1) is 12.5 Å². The summed E-state index contributed by atoms with van der Waals surface area (Å²) in [4.78, 5) is 1.36. The summed E-state index contributed by atoms with van der Waals surface area (Å²) in [7, 11) is 0. The Morgan fingerprint density at radius 1 is 1.36 bits per heavy atom. The second-order valence-electron chi connectivity index (χ2n) is 6.83. The van der Waals surface area contributed by atoms with Gasteiger partial charge in [-0.05, 0) is 62.3 Å². The highest BCUT2D eigenvalue weighted by Gasteiger charge is 2.34. The van der Waals surface area contributed by atoms with Gasteiger partial charge in [0.2, 0.25) is 0 Å². The van der Waals surface area contributed by atoms with Crippen LogP contribution >= 0.6 is 35.6 Å². The lowest BCUT2D eigenvalue weighted by atomic mass is 9.93. The number of rotatable bonds is 10. The third-order valence-electron chi connectivity index (χ3n) is 4.51. The number of nitrogens with one attached hydrogen (secondary N) is 1. The summed E-state index contributed by atoms with van der Waals surface area (Å²) in [5.41, 5.74) is 1.08. The molecule has 3 nitrogen and oxygen atoms in total. The van der Waals surface area contributed by atoms with Crippen molar-refractivity contribution in [1.82, 2.24) is 0 Å². The van der Waals surface area contributed by atoms with Crippen LogP contribution in [0.5, 0.6) is 0 Å². The lowest BCUT2D eigenvalue weighted by Crippen LogP contribution is -2.35. The Bertz CT molecular complexity index is 639. The molecule has 1 aliphatic rings. The zero-order chi connectivity index (χ0) is 20.0. The van der Waals surface area contributed by atoms with E-state index in [1.165, 1.54) is 4.90 Å². The molecule has 1 fully saturated rings. The number of nitrogens with zero attached hydrogens (tertiary/aromatic N) is 1. The minimum absolute atomic E-state index is 0. The molecule has 2 rings (SSSR count). The maximum absolute atomic E-state index is 13.1. The molecule has 1 aromatic rings. The molecule has 0 saturated heterocycles. The van der Waals surface area contributed by atoms with E-state index in [9.17, 15) is 13.2 Å². The van der Waals surface area contributed by atoms with E-state index in [0.29, 0.717) is 54.1 Å². The van der Waals surface area contributed by atoms with Gasteiger partial charge in [-0.3, -0.25) is 5.41 Å². The monoisotopic (exact) mass is 460 g/mol. The Labute approximate surface area is 180 Å². The van der Waals surface area contributed by atoms with E-state index in [0.717, 1.165) is 12.8 Å². The number of alkyl halides is 4. The summed E-state index contributed by atoms with van der Waals surface area (Å²) in [5.74, 6) is 0.367. The summed E-state index contributed by atoms with van der Waals surface area (Å²) < 4.78 is 44.5. The van der Waals surface area contributed by atoms with Crippen molar-refractivity contribution in [2.24, 2.45) is 5.92 Å².